The zero-order valence-corrected chi connectivity index (χ0v) is 17.3. The van der Waals surface area contributed by atoms with Crippen LogP contribution in [0.1, 0.15) is 39.4 Å². The van der Waals surface area contributed by atoms with E-state index < -0.39 is 6.29 Å². The van der Waals surface area contributed by atoms with Gasteiger partial charge in [-0.15, -0.1) is 0 Å². The molecule has 4 rings (SSSR count). The first-order valence-corrected chi connectivity index (χ1v) is 10.2. The zero-order valence-electron chi connectivity index (χ0n) is 17.3. The molecule has 162 valence electrons. The molecule has 2 heterocycles. The first-order chi connectivity index (χ1) is 15.1. The van der Waals surface area contributed by atoms with Crippen LogP contribution < -0.4 is 0 Å². The third-order valence-corrected chi connectivity index (χ3v) is 5.40. The molecule has 2 atom stereocenters. The van der Waals surface area contributed by atoms with Crippen molar-refractivity contribution >= 4 is 11.9 Å². The van der Waals surface area contributed by atoms with Gasteiger partial charge in [0.1, 0.15) is 0 Å². The second-order valence-corrected chi connectivity index (χ2v) is 7.61. The van der Waals surface area contributed by atoms with Gasteiger partial charge in [0.15, 0.2) is 5.76 Å². The summed E-state index contributed by atoms with van der Waals surface area (Å²) in [6.07, 6.45) is 1.80. The Morgan fingerprint density at radius 2 is 1.74 bits per heavy atom. The van der Waals surface area contributed by atoms with Crippen molar-refractivity contribution in [3.8, 4) is 0 Å². The second kappa shape index (κ2) is 9.32. The van der Waals surface area contributed by atoms with Crippen molar-refractivity contribution in [2.24, 2.45) is 0 Å². The Bertz CT molecular complexity index is 963. The average Bonchev–Trinajstić information content (AvgIpc) is 3.67. The van der Waals surface area contributed by atoms with Crippen molar-refractivity contribution in [1.29, 1.82) is 0 Å². The lowest BCUT2D eigenvalue weighted by Gasteiger charge is -2.29. The minimum atomic E-state index is -0.577. The van der Waals surface area contributed by atoms with Gasteiger partial charge >= 0.3 is 5.97 Å². The van der Waals surface area contributed by atoms with Crippen LogP contribution in [0.3, 0.4) is 0 Å². The fourth-order valence-corrected chi connectivity index (χ4v) is 3.47. The SMILES string of the molecule is COC(=O)c1ccc([C@H]2C=C(C(=O)N3CC3)O[C@@H](OCc3ccc(CO)cc3)C2)cc1. The number of hydrogen-bond donors (Lipinski definition) is 1. The van der Waals surface area contributed by atoms with E-state index in [0.717, 1.165) is 29.8 Å². The minimum Gasteiger partial charge on any atom is -0.465 e. The summed E-state index contributed by atoms with van der Waals surface area (Å²) in [6.45, 7) is 1.80. The Labute approximate surface area is 180 Å². The van der Waals surface area contributed by atoms with E-state index >= 15 is 0 Å². The standard InChI is InChI=1S/C24H25NO6/c1-29-24(28)19-8-6-18(7-9-19)20-12-21(23(27)25-10-11-25)31-22(13-20)30-15-17-4-2-16(14-26)3-5-17/h2-9,12,20,22,26H,10-11,13-15H2,1H3/t20-,22+/m0/s1. The Kier molecular flexibility index (Phi) is 6.34. The molecule has 2 aliphatic rings. The number of esters is 1. The molecule has 0 aromatic heterocycles. The summed E-state index contributed by atoms with van der Waals surface area (Å²) in [5.74, 6) is -0.302. The van der Waals surface area contributed by atoms with Crippen LogP contribution in [0, 0.1) is 0 Å². The van der Waals surface area contributed by atoms with Crippen LogP contribution in [-0.2, 0) is 32.2 Å². The number of carbonyl (C=O) groups excluding carboxylic acids is 2. The van der Waals surface area contributed by atoms with Gasteiger partial charge in [-0.2, -0.15) is 0 Å². The van der Waals surface area contributed by atoms with E-state index in [1.54, 1.807) is 17.0 Å². The molecular weight excluding hydrogens is 398 g/mol. The van der Waals surface area contributed by atoms with Gasteiger partial charge in [-0.1, -0.05) is 36.4 Å². The van der Waals surface area contributed by atoms with Gasteiger partial charge < -0.3 is 24.2 Å². The fraction of sp³-hybridized carbons (Fsp3) is 0.333. The molecule has 7 heteroatoms. The third kappa shape index (κ3) is 5.13. The van der Waals surface area contributed by atoms with Crippen molar-refractivity contribution in [3.05, 3.63) is 82.6 Å². The summed E-state index contributed by atoms with van der Waals surface area (Å²) in [5.41, 5.74) is 3.23. The molecule has 1 fully saturated rings. The van der Waals surface area contributed by atoms with Crippen LogP contribution in [0.2, 0.25) is 0 Å². The number of amides is 1. The number of rotatable bonds is 7. The zero-order chi connectivity index (χ0) is 21.8. The number of carbonyl (C=O) groups is 2. The normalized spacial score (nSPS) is 19.9. The molecule has 0 bridgehead atoms. The number of aliphatic hydroxyl groups is 1. The summed E-state index contributed by atoms with van der Waals surface area (Å²) in [6, 6.07) is 14.7. The van der Waals surface area contributed by atoms with Gasteiger partial charge in [0, 0.05) is 25.4 Å². The molecule has 2 aromatic rings. The van der Waals surface area contributed by atoms with Gasteiger partial charge in [0.05, 0.1) is 25.9 Å². The molecule has 0 radical (unpaired) electrons. The summed E-state index contributed by atoms with van der Waals surface area (Å²) in [4.78, 5) is 26.0. The molecular formula is C24H25NO6. The van der Waals surface area contributed by atoms with E-state index in [1.807, 2.05) is 42.5 Å². The Hall–Kier alpha value is -3.16. The van der Waals surface area contributed by atoms with Gasteiger partial charge in [-0.3, -0.25) is 4.79 Å². The topological polar surface area (TPSA) is 85.1 Å². The number of nitrogens with zero attached hydrogens (tertiary/aromatic N) is 1. The molecule has 1 amide bonds. The molecule has 2 aliphatic heterocycles. The number of hydrogen-bond acceptors (Lipinski definition) is 6. The largest absolute Gasteiger partial charge is 0.465 e. The van der Waals surface area contributed by atoms with Crippen molar-refractivity contribution in [2.45, 2.75) is 31.8 Å². The highest BCUT2D eigenvalue weighted by atomic mass is 16.7. The van der Waals surface area contributed by atoms with Crippen molar-refractivity contribution in [2.75, 3.05) is 20.2 Å². The second-order valence-electron chi connectivity index (χ2n) is 7.61. The van der Waals surface area contributed by atoms with E-state index in [4.69, 9.17) is 14.2 Å². The summed E-state index contributed by atoms with van der Waals surface area (Å²) < 4.78 is 16.6. The summed E-state index contributed by atoms with van der Waals surface area (Å²) in [5, 5.41) is 9.17. The Morgan fingerprint density at radius 1 is 1.06 bits per heavy atom. The lowest BCUT2D eigenvalue weighted by Crippen LogP contribution is -2.29. The quantitative estimate of drug-likeness (QED) is 0.545. The molecule has 2 aromatic carbocycles. The van der Waals surface area contributed by atoms with E-state index in [0.29, 0.717) is 24.4 Å². The summed E-state index contributed by atoms with van der Waals surface area (Å²) in [7, 11) is 1.35. The van der Waals surface area contributed by atoms with Crippen LogP contribution in [0.4, 0.5) is 0 Å². The maximum absolute atomic E-state index is 12.6. The number of benzene rings is 2. The highest BCUT2D eigenvalue weighted by molar-refractivity contribution is 5.93. The van der Waals surface area contributed by atoms with Crippen molar-refractivity contribution in [1.82, 2.24) is 4.90 Å². The maximum atomic E-state index is 12.6. The maximum Gasteiger partial charge on any atom is 0.337 e. The van der Waals surface area contributed by atoms with Crippen LogP contribution >= 0.6 is 0 Å². The van der Waals surface area contributed by atoms with Crippen molar-refractivity contribution in [3.63, 3.8) is 0 Å². The van der Waals surface area contributed by atoms with E-state index in [-0.39, 0.29) is 24.4 Å². The molecule has 1 saturated heterocycles. The lowest BCUT2D eigenvalue weighted by atomic mass is 9.92. The molecule has 0 unspecified atom stereocenters. The molecule has 0 saturated carbocycles. The minimum absolute atomic E-state index is 0.00388. The number of allylic oxidation sites excluding steroid dienone is 1. The fourth-order valence-electron chi connectivity index (χ4n) is 3.47. The molecule has 0 spiro atoms. The van der Waals surface area contributed by atoms with E-state index in [9.17, 15) is 14.7 Å². The van der Waals surface area contributed by atoms with Gasteiger partial charge in [-0.25, -0.2) is 4.79 Å². The van der Waals surface area contributed by atoms with Crippen LogP contribution in [-0.4, -0.2) is 48.4 Å². The number of methoxy groups -OCH3 is 1. The molecule has 31 heavy (non-hydrogen) atoms. The highest BCUT2D eigenvalue weighted by Gasteiger charge is 2.34. The van der Waals surface area contributed by atoms with Gasteiger partial charge in [0.2, 0.25) is 6.29 Å². The molecule has 0 aliphatic carbocycles. The van der Waals surface area contributed by atoms with Crippen LogP contribution in [0.15, 0.2) is 60.4 Å². The number of ether oxygens (including phenoxy) is 3. The van der Waals surface area contributed by atoms with Gasteiger partial charge in [-0.05, 0) is 34.9 Å². The number of aliphatic hydroxyl groups excluding tert-OH is 1. The van der Waals surface area contributed by atoms with E-state index in [1.165, 1.54) is 7.11 Å². The molecule has 7 nitrogen and oxygen atoms in total. The van der Waals surface area contributed by atoms with Crippen LogP contribution in [0.5, 0.6) is 0 Å². The molecule has 1 N–H and O–H groups in total. The average molecular weight is 423 g/mol. The predicted molar refractivity (Wildman–Crippen MR) is 112 cm³/mol. The van der Waals surface area contributed by atoms with Crippen LogP contribution in [0.25, 0.3) is 0 Å². The highest BCUT2D eigenvalue weighted by Crippen LogP contribution is 2.33. The lowest BCUT2D eigenvalue weighted by molar-refractivity contribution is -0.152. The van der Waals surface area contributed by atoms with Crippen molar-refractivity contribution < 1.29 is 28.9 Å². The first kappa shape index (κ1) is 21.1. The Balaban J connectivity index is 1.49. The monoisotopic (exact) mass is 423 g/mol. The third-order valence-electron chi connectivity index (χ3n) is 5.40. The smallest absolute Gasteiger partial charge is 0.337 e. The summed E-state index contributed by atoms with van der Waals surface area (Å²) >= 11 is 0. The van der Waals surface area contributed by atoms with E-state index in [2.05, 4.69) is 0 Å². The van der Waals surface area contributed by atoms with Gasteiger partial charge in [0.25, 0.3) is 5.91 Å². The first-order valence-electron chi connectivity index (χ1n) is 10.2. The Morgan fingerprint density at radius 3 is 2.35 bits per heavy atom. The predicted octanol–water partition coefficient (Wildman–Crippen LogP) is 2.74.